The lowest BCUT2D eigenvalue weighted by atomic mass is 10.0. The second kappa shape index (κ2) is 35.4. The number of carboxylic acids is 1. The third-order valence-corrected chi connectivity index (χ3v) is 7.53. The molecule has 0 aromatic carbocycles. The third-order valence-electron chi connectivity index (χ3n) is 7.53. The molecule has 4 heteroatoms. The molecule has 0 spiro atoms. The van der Waals surface area contributed by atoms with Gasteiger partial charge in [-0.3, -0.25) is 0 Å². The van der Waals surface area contributed by atoms with E-state index in [2.05, 4.69) is 27.0 Å². The van der Waals surface area contributed by atoms with Crippen LogP contribution < -0.4 is 0 Å². The Bertz CT molecular complexity index is 569. The van der Waals surface area contributed by atoms with E-state index in [-0.39, 0.29) is 5.97 Å². The van der Waals surface area contributed by atoms with Gasteiger partial charge in [0.25, 0.3) is 0 Å². The molecule has 0 saturated carbocycles. The highest BCUT2D eigenvalue weighted by atomic mass is 16.5. The molecule has 0 rings (SSSR count). The Balaban J connectivity index is 0. The van der Waals surface area contributed by atoms with Crippen molar-refractivity contribution in [3.8, 4) is 0 Å². The number of hydrogen-bond acceptors (Lipinski definition) is 3. The van der Waals surface area contributed by atoms with Crippen LogP contribution in [-0.2, 0) is 14.3 Å². The lowest BCUT2D eigenvalue weighted by molar-refractivity contribution is -0.139. The fraction of sp³-hybridized carbons (Fsp3) is 0.833. The van der Waals surface area contributed by atoms with Crippen molar-refractivity contribution in [2.24, 2.45) is 0 Å². The zero-order valence-corrected chi connectivity index (χ0v) is 27.0. The summed E-state index contributed by atoms with van der Waals surface area (Å²) in [6.07, 6.45) is 36.6. The molecular weight excluding hydrogens is 496 g/mol. The Morgan fingerprint density at radius 2 is 0.825 bits per heavy atom. The molecule has 0 bridgehead atoms. The zero-order valence-electron chi connectivity index (χ0n) is 27.0. The topological polar surface area (TPSA) is 63.6 Å². The number of rotatable bonds is 30. The molecule has 0 atom stereocenters. The van der Waals surface area contributed by atoms with E-state index < -0.39 is 5.97 Å². The van der Waals surface area contributed by atoms with E-state index in [4.69, 9.17) is 9.84 Å². The second-order valence-corrected chi connectivity index (χ2v) is 11.5. The predicted octanol–water partition coefficient (Wildman–Crippen LogP) is 11.9. The third kappa shape index (κ3) is 36.4. The lowest BCUT2D eigenvalue weighted by Gasteiger charge is -2.07. The minimum Gasteiger partial charge on any atom is -0.478 e. The van der Waals surface area contributed by atoms with E-state index in [9.17, 15) is 9.59 Å². The molecular formula is C36H68O4. The molecule has 0 heterocycles. The van der Waals surface area contributed by atoms with Gasteiger partial charge in [-0.05, 0) is 19.3 Å². The minimum absolute atomic E-state index is 0.165. The number of ether oxygens (including phenoxy) is 1. The monoisotopic (exact) mass is 565 g/mol. The van der Waals surface area contributed by atoms with E-state index in [1.54, 1.807) is 0 Å². The molecule has 0 unspecified atom stereocenters. The largest absolute Gasteiger partial charge is 0.478 e. The van der Waals surface area contributed by atoms with Gasteiger partial charge in [-0.15, -0.1) is 0 Å². The van der Waals surface area contributed by atoms with Gasteiger partial charge in [-0.1, -0.05) is 181 Å². The van der Waals surface area contributed by atoms with Gasteiger partial charge in [0.05, 0.1) is 6.61 Å². The van der Waals surface area contributed by atoms with Crippen molar-refractivity contribution < 1.29 is 19.4 Å². The zero-order chi connectivity index (χ0) is 29.9. The van der Waals surface area contributed by atoms with E-state index >= 15 is 0 Å². The summed E-state index contributed by atoms with van der Waals surface area (Å²) in [5, 5.41) is 7.60. The molecule has 0 saturated heterocycles. The molecule has 0 aromatic heterocycles. The Morgan fingerprint density at radius 1 is 0.550 bits per heavy atom. The van der Waals surface area contributed by atoms with Gasteiger partial charge in [-0.2, -0.15) is 0 Å². The number of carboxylic acid groups (broad SMARTS) is 1. The van der Waals surface area contributed by atoms with Gasteiger partial charge in [0.1, 0.15) is 0 Å². The van der Waals surface area contributed by atoms with Crippen LogP contribution in [0.5, 0.6) is 0 Å². The van der Waals surface area contributed by atoms with Crippen molar-refractivity contribution in [1.82, 2.24) is 0 Å². The summed E-state index contributed by atoms with van der Waals surface area (Å²) >= 11 is 0. The molecule has 40 heavy (non-hydrogen) atoms. The summed E-state index contributed by atoms with van der Waals surface area (Å²) in [6, 6.07) is 0. The highest BCUT2D eigenvalue weighted by Gasteiger charge is 2.08. The number of carbonyl (C=O) groups is 2. The quantitative estimate of drug-likeness (QED) is 0.0535. The van der Waals surface area contributed by atoms with Crippen LogP contribution in [0.4, 0.5) is 0 Å². The minimum atomic E-state index is -0.981. The van der Waals surface area contributed by atoms with Crippen LogP contribution in [-0.4, -0.2) is 23.7 Å². The normalized spacial score (nSPS) is 10.6. The van der Waals surface area contributed by atoms with E-state index in [0.717, 1.165) is 25.3 Å². The van der Waals surface area contributed by atoms with Gasteiger partial charge in [0, 0.05) is 11.6 Å². The molecule has 0 aromatic rings. The van der Waals surface area contributed by atoms with Crippen LogP contribution in [0.2, 0.25) is 0 Å². The summed E-state index contributed by atoms with van der Waals surface area (Å²) in [4.78, 5) is 21.3. The summed E-state index contributed by atoms with van der Waals surface area (Å²) < 4.78 is 5.42. The molecule has 0 aliphatic carbocycles. The van der Waals surface area contributed by atoms with Crippen molar-refractivity contribution in [3.63, 3.8) is 0 Å². The Hall–Kier alpha value is -1.58. The fourth-order valence-electron chi connectivity index (χ4n) is 4.84. The van der Waals surface area contributed by atoms with Crippen molar-refractivity contribution in [3.05, 3.63) is 24.8 Å². The summed E-state index contributed by atoms with van der Waals surface area (Å²) in [5.74, 6) is -1.15. The molecule has 236 valence electrons. The van der Waals surface area contributed by atoms with E-state index in [0.29, 0.717) is 12.2 Å². The SMILES string of the molecule is C=C(CCCCCCCCCCCCCCCCCC)C(=O)OCCCCCCCCCCCC.C=CC(=O)O. The van der Waals surface area contributed by atoms with Crippen molar-refractivity contribution >= 4 is 11.9 Å². The smallest absolute Gasteiger partial charge is 0.333 e. The van der Waals surface area contributed by atoms with Crippen LogP contribution >= 0.6 is 0 Å². The number of hydrogen-bond donors (Lipinski definition) is 1. The lowest BCUT2D eigenvalue weighted by Crippen LogP contribution is -2.08. The highest BCUT2D eigenvalue weighted by molar-refractivity contribution is 5.87. The Labute approximate surface area is 249 Å². The first-order valence-electron chi connectivity index (χ1n) is 17.2. The molecule has 0 amide bonds. The first-order chi connectivity index (χ1) is 19.5. The summed E-state index contributed by atoms with van der Waals surface area (Å²) in [7, 11) is 0. The van der Waals surface area contributed by atoms with Crippen LogP contribution in [0.1, 0.15) is 187 Å². The van der Waals surface area contributed by atoms with Gasteiger partial charge in [0.15, 0.2) is 0 Å². The first kappa shape index (κ1) is 40.6. The highest BCUT2D eigenvalue weighted by Crippen LogP contribution is 2.16. The average molecular weight is 565 g/mol. The average Bonchev–Trinajstić information content (AvgIpc) is 2.95. The summed E-state index contributed by atoms with van der Waals surface area (Å²) in [6.45, 7) is 12.0. The van der Waals surface area contributed by atoms with E-state index in [1.807, 2.05) is 0 Å². The molecule has 0 fully saturated rings. The Kier molecular flexibility index (Phi) is 35.9. The van der Waals surface area contributed by atoms with Crippen LogP contribution in [0, 0.1) is 0 Å². The van der Waals surface area contributed by atoms with Gasteiger partial charge in [0.2, 0.25) is 0 Å². The number of esters is 1. The second-order valence-electron chi connectivity index (χ2n) is 11.5. The Morgan fingerprint density at radius 3 is 1.12 bits per heavy atom. The standard InChI is InChI=1S/C33H64O2.C3H4O2/c1-4-6-8-10-12-14-16-17-18-19-20-21-22-24-26-28-30-32(3)33(34)35-31-29-27-25-23-15-13-11-9-7-5-2;1-2-3(4)5/h3-31H2,1-2H3;2H,1H2,(H,4,5). The molecule has 0 aliphatic heterocycles. The van der Waals surface area contributed by atoms with Gasteiger partial charge < -0.3 is 9.84 Å². The molecule has 4 nitrogen and oxygen atoms in total. The van der Waals surface area contributed by atoms with Crippen molar-refractivity contribution in [2.75, 3.05) is 6.61 Å². The van der Waals surface area contributed by atoms with Gasteiger partial charge in [-0.25, -0.2) is 9.59 Å². The van der Waals surface area contributed by atoms with Crippen LogP contribution in [0.25, 0.3) is 0 Å². The number of aliphatic carboxylic acids is 1. The molecule has 1 N–H and O–H groups in total. The fourth-order valence-corrected chi connectivity index (χ4v) is 4.84. The predicted molar refractivity (Wildman–Crippen MR) is 174 cm³/mol. The maximum absolute atomic E-state index is 12.1. The van der Waals surface area contributed by atoms with Crippen molar-refractivity contribution in [2.45, 2.75) is 187 Å². The summed E-state index contributed by atoms with van der Waals surface area (Å²) in [5.41, 5.74) is 0.669. The molecule has 0 radical (unpaired) electrons. The molecule has 0 aliphatic rings. The van der Waals surface area contributed by atoms with Crippen LogP contribution in [0.3, 0.4) is 0 Å². The number of unbranched alkanes of at least 4 members (excludes halogenated alkanes) is 24. The number of carbonyl (C=O) groups excluding carboxylic acids is 1. The van der Waals surface area contributed by atoms with Crippen molar-refractivity contribution in [1.29, 1.82) is 0 Å². The maximum Gasteiger partial charge on any atom is 0.333 e. The van der Waals surface area contributed by atoms with Crippen LogP contribution in [0.15, 0.2) is 24.8 Å². The maximum atomic E-state index is 12.1. The van der Waals surface area contributed by atoms with Gasteiger partial charge >= 0.3 is 11.9 Å². The first-order valence-corrected chi connectivity index (χ1v) is 17.2. The van der Waals surface area contributed by atoms with E-state index in [1.165, 1.54) is 154 Å².